The van der Waals surface area contributed by atoms with E-state index in [0.717, 1.165) is 29.6 Å². The number of hydrogen-bond acceptors (Lipinski definition) is 3. The number of carbonyl (C=O) groups is 1. The number of amides is 1. The average Bonchev–Trinajstić information content (AvgIpc) is 3.34. The number of fused-ring (bicyclic) bond motifs is 1. The number of H-pyrrole nitrogens is 1. The van der Waals surface area contributed by atoms with Crippen molar-refractivity contribution in [1.29, 1.82) is 0 Å². The van der Waals surface area contributed by atoms with Crippen molar-refractivity contribution in [3.63, 3.8) is 0 Å². The van der Waals surface area contributed by atoms with Gasteiger partial charge < -0.3 is 10.3 Å². The molecular formula is C25H26FN5O. The zero-order chi connectivity index (χ0) is 22.5. The van der Waals surface area contributed by atoms with Crippen LogP contribution in [0.3, 0.4) is 0 Å². The molecule has 1 aliphatic carbocycles. The van der Waals surface area contributed by atoms with Gasteiger partial charge in [-0.1, -0.05) is 18.2 Å². The molecule has 1 aliphatic rings. The second-order valence-electron chi connectivity index (χ2n) is 9.45. The summed E-state index contributed by atoms with van der Waals surface area (Å²) in [6, 6.07) is 14.1. The molecule has 32 heavy (non-hydrogen) atoms. The number of imidazole rings is 1. The number of rotatable bonds is 5. The maximum Gasteiger partial charge on any atom is 0.276 e. The van der Waals surface area contributed by atoms with Gasteiger partial charge in [0, 0.05) is 23.7 Å². The van der Waals surface area contributed by atoms with Gasteiger partial charge in [0.2, 0.25) is 0 Å². The SMILES string of the molecule is CC(C)(C)n1nc(C(=O)Nc2ccc3nc(Cc4ccccc4F)[nH]c3c2)cc1C1CC1. The molecule has 2 heterocycles. The van der Waals surface area contributed by atoms with Crippen molar-refractivity contribution in [2.75, 3.05) is 5.32 Å². The zero-order valence-electron chi connectivity index (χ0n) is 18.4. The van der Waals surface area contributed by atoms with Crippen LogP contribution in [0.15, 0.2) is 48.5 Å². The normalized spacial score (nSPS) is 14.1. The number of halogens is 1. The Morgan fingerprint density at radius 1 is 1.19 bits per heavy atom. The van der Waals surface area contributed by atoms with E-state index in [2.05, 4.69) is 41.2 Å². The Balaban J connectivity index is 1.36. The van der Waals surface area contributed by atoms with Crippen molar-refractivity contribution < 1.29 is 9.18 Å². The Kier molecular flexibility index (Phi) is 4.84. The fourth-order valence-electron chi connectivity index (χ4n) is 3.95. The lowest BCUT2D eigenvalue weighted by molar-refractivity contribution is 0.102. The largest absolute Gasteiger partial charge is 0.342 e. The van der Waals surface area contributed by atoms with Crippen molar-refractivity contribution in [1.82, 2.24) is 19.7 Å². The lowest BCUT2D eigenvalue weighted by atomic mass is 10.1. The zero-order valence-corrected chi connectivity index (χ0v) is 18.4. The molecule has 5 rings (SSSR count). The molecule has 0 unspecified atom stereocenters. The van der Waals surface area contributed by atoms with Gasteiger partial charge in [0.15, 0.2) is 5.69 Å². The fraction of sp³-hybridized carbons (Fsp3) is 0.320. The van der Waals surface area contributed by atoms with E-state index in [4.69, 9.17) is 0 Å². The Labute approximate surface area is 185 Å². The van der Waals surface area contributed by atoms with Crippen LogP contribution in [0.25, 0.3) is 11.0 Å². The Morgan fingerprint density at radius 2 is 1.97 bits per heavy atom. The summed E-state index contributed by atoms with van der Waals surface area (Å²) in [7, 11) is 0. The van der Waals surface area contributed by atoms with Gasteiger partial charge in [-0.3, -0.25) is 9.48 Å². The molecule has 0 bridgehead atoms. The number of aromatic nitrogens is 4. The third-order valence-corrected chi connectivity index (χ3v) is 5.71. The number of hydrogen-bond donors (Lipinski definition) is 2. The van der Waals surface area contributed by atoms with E-state index in [1.807, 2.05) is 35.0 Å². The standard InChI is InChI=1S/C25H26FN5O/c1-25(2,3)31-22(15-8-9-15)14-21(30-31)24(32)27-17-10-11-19-20(13-17)29-23(28-19)12-16-6-4-5-7-18(16)26/h4-7,10-11,13-15H,8-9,12H2,1-3H3,(H,27,32)(H,28,29). The Bertz CT molecular complexity index is 1310. The molecule has 1 fully saturated rings. The summed E-state index contributed by atoms with van der Waals surface area (Å²) < 4.78 is 15.9. The molecule has 164 valence electrons. The van der Waals surface area contributed by atoms with Crippen LogP contribution >= 0.6 is 0 Å². The molecule has 1 saturated carbocycles. The van der Waals surface area contributed by atoms with Gasteiger partial charge in [0.25, 0.3) is 5.91 Å². The van der Waals surface area contributed by atoms with E-state index >= 15 is 0 Å². The number of aromatic amines is 1. The summed E-state index contributed by atoms with van der Waals surface area (Å²) in [4.78, 5) is 20.7. The van der Waals surface area contributed by atoms with E-state index in [1.165, 1.54) is 6.07 Å². The monoisotopic (exact) mass is 431 g/mol. The molecule has 2 aromatic heterocycles. The fourth-order valence-corrected chi connectivity index (χ4v) is 3.95. The quantitative estimate of drug-likeness (QED) is 0.446. The van der Waals surface area contributed by atoms with E-state index < -0.39 is 0 Å². The van der Waals surface area contributed by atoms with Crippen LogP contribution < -0.4 is 5.32 Å². The first-order valence-corrected chi connectivity index (χ1v) is 10.9. The van der Waals surface area contributed by atoms with Gasteiger partial charge in [-0.15, -0.1) is 0 Å². The van der Waals surface area contributed by atoms with Gasteiger partial charge in [0.05, 0.1) is 16.6 Å². The van der Waals surface area contributed by atoms with Gasteiger partial charge in [-0.2, -0.15) is 5.10 Å². The van der Waals surface area contributed by atoms with E-state index in [1.54, 1.807) is 12.1 Å². The molecule has 0 spiro atoms. The van der Waals surface area contributed by atoms with Crippen LogP contribution in [0.5, 0.6) is 0 Å². The predicted molar refractivity (Wildman–Crippen MR) is 122 cm³/mol. The van der Waals surface area contributed by atoms with Crippen molar-refractivity contribution in [3.05, 3.63) is 77.1 Å². The molecule has 7 heteroatoms. The summed E-state index contributed by atoms with van der Waals surface area (Å²) in [5.41, 5.74) is 4.16. The Morgan fingerprint density at radius 3 is 2.69 bits per heavy atom. The minimum absolute atomic E-state index is 0.181. The number of nitrogens with one attached hydrogen (secondary N) is 2. The molecule has 0 aliphatic heterocycles. The minimum Gasteiger partial charge on any atom is -0.342 e. The highest BCUT2D eigenvalue weighted by molar-refractivity contribution is 6.03. The van der Waals surface area contributed by atoms with Gasteiger partial charge in [-0.05, 0) is 69.5 Å². The molecule has 2 N–H and O–H groups in total. The van der Waals surface area contributed by atoms with Crippen LogP contribution in [0.2, 0.25) is 0 Å². The van der Waals surface area contributed by atoms with Gasteiger partial charge >= 0.3 is 0 Å². The van der Waals surface area contributed by atoms with E-state index in [-0.39, 0.29) is 17.3 Å². The first kappa shape index (κ1) is 20.4. The maximum absolute atomic E-state index is 14.0. The topological polar surface area (TPSA) is 75.6 Å². The van der Waals surface area contributed by atoms with Crippen LogP contribution in [0.1, 0.15) is 67.1 Å². The Hall–Kier alpha value is -3.48. The third kappa shape index (κ3) is 4.02. The summed E-state index contributed by atoms with van der Waals surface area (Å²) in [6.45, 7) is 6.29. The highest BCUT2D eigenvalue weighted by Crippen LogP contribution is 2.41. The number of nitrogens with zero attached hydrogens (tertiary/aromatic N) is 3. The highest BCUT2D eigenvalue weighted by Gasteiger charge is 2.32. The smallest absolute Gasteiger partial charge is 0.276 e. The number of carbonyl (C=O) groups excluding carboxylic acids is 1. The molecule has 0 radical (unpaired) electrons. The first-order valence-electron chi connectivity index (χ1n) is 10.9. The predicted octanol–water partition coefficient (Wildman–Crippen LogP) is 5.37. The molecule has 2 aromatic carbocycles. The summed E-state index contributed by atoms with van der Waals surface area (Å²) >= 11 is 0. The summed E-state index contributed by atoms with van der Waals surface area (Å²) in [5, 5.41) is 7.56. The van der Waals surface area contributed by atoms with Gasteiger partial charge in [0.1, 0.15) is 11.6 Å². The number of anilines is 1. The van der Waals surface area contributed by atoms with Gasteiger partial charge in [-0.25, -0.2) is 9.37 Å². The van der Waals surface area contributed by atoms with Crippen LogP contribution in [-0.2, 0) is 12.0 Å². The van der Waals surface area contributed by atoms with Crippen LogP contribution in [0.4, 0.5) is 10.1 Å². The summed E-state index contributed by atoms with van der Waals surface area (Å²) in [6.07, 6.45) is 2.67. The van der Waals surface area contributed by atoms with E-state index in [9.17, 15) is 9.18 Å². The molecule has 0 atom stereocenters. The number of benzene rings is 2. The minimum atomic E-state index is -0.249. The second kappa shape index (κ2) is 7.58. The molecule has 1 amide bonds. The van der Waals surface area contributed by atoms with Crippen LogP contribution in [-0.4, -0.2) is 25.7 Å². The van der Waals surface area contributed by atoms with Crippen molar-refractivity contribution in [2.24, 2.45) is 0 Å². The molecular weight excluding hydrogens is 405 g/mol. The lowest BCUT2D eigenvalue weighted by Gasteiger charge is -2.22. The second-order valence-corrected chi connectivity index (χ2v) is 9.45. The highest BCUT2D eigenvalue weighted by atomic mass is 19.1. The molecule has 6 nitrogen and oxygen atoms in total. The lowest BCUT2D eigenvalue weighted by Crippen LogP contribution is -2.25. The average molecular weight is 432 g/mol. The van der Waals surface area contributed by atoms with Crippen molar-refractivity contribution in [3.8, 4) is 0 Å². The maximum atomic E-state index is 14.0. The third-order valence-electron chi connectivity index (χ3n) is 5.71. The first-order chi connectivity index (χ1) is 15.3. The van der Waals surface area contributed by atoms with Crippen molar-refractivity contribution in [2.45, 2.75) is 51.5 Å². The van der Waals surface area contributed by atoms with Crippen LogP contribution in [0, 0.1) is 5.82 Å². The van der Waals surface area contributed by atoms with Crippen molar-refractivity contribution >= 4 is 22.6 Å². The molecule has 0 saturated heterocycles. The summed E-state index contributed by atoms with van der Waals surface area (Å²) in [5.74, 6) is 0.686. The molecule has 4 aromatic rings. The van der Waals surface area contributed by atoms with E-state index in [0.29, 0.717) is 35.1 Å².